The average molecular weight is 289 g/mol. The molecule has 2 aromatic rings. The van der Waals surface area contributed by atoms with Crippen molar-refractivity contribution in [3.05, 3.63) is 50.2 Å². The molecular formula is C14H15N3O2S. The van der Waals surface area contributed by atoms with Gasteiger partial charge in [-0.1, -0.05) is 0 Å². The van der Waals surface area contributed by atoms with Gasteiger partial charge in [0.05, 0.1) is 11.0 Å². The topological polar surface area (TPSA) is 72.4 Å². The Morgan fingerprint density at radius 2 is 2.25 bits per heavy atom. The van der Waals surface area contributed by atoms with Gasteiger partial charge >= 0.3 is 0 Å². The van der Waals surface area contributed by atoms with Crippen molar-refractivity contribution in [2.75, 3.05) is 17.2 Å². The Balaban J connectivity index is 2.00. The van der Waals surface area contributed by atoms with E-state index in [4.69, 9.17) is 5.73 Å². The van der Waals surface area contributed by atoms with Crippen molar-refractivity contribution in [1.82, 2.24) is 0 Å². The first-order valence-electron chi connectivity index (χ1n) is 6.44. The fraction of sp³-hybridized carbons (Fsp3) is 0.286. The van der Waals surface area contributed by atoms with Gasteiger partial charge in [-0.3, -0.25) is 10.1 Å². The lowest BCUT2D eigenvalue weighted by Gasteiger charge is -2.35. The molecule has 1 atom stereocenters. The van der Waals surface area contributed by atoms with Crippen molar-refractivity contribution in [3.8, 4) is 0 Å². The molecule has 2 heterocycles. The maximum absolute atomic E-state index is 11.0. The van der Waals surface area contributed by atoms with Gasteiger partial charge in [0, 0.05) is 34.9 Å². The minimum atomic E-state index is -0.398. The number of nitro groups is 1. The number of benzene rings is 1. The highest BCUT2D eigenvalue weighted by Crippen LogP contribution is 2.37. The molecule has 5 nitrogen and oxygen atoms in total. The summed E-state index contributed by atoms with van der Waals surface area (Å²) in [4.78, 5) is 14.1. The van der Waals surface area contributed by atoms with E-state index >= 15 is 0 Å². The molecule has 20 heavy (non-hydrogen) atoms. The van der Waals surface area contributed by atoms with Crippen LogP contribution < -0.4 is 10.6 Å². The Kier molecular flexibility index (Phi) is 3.10. The van der Waals surface area contributed by atoms with Gasteiger partial charge in [-0.2, -0.15) is 0 Å². The number of hydrogen-bond acceptors (Lipinski definition) is 5. The second-order valence-electron chi connectivity index (χ2n) is 4.96. The van der Waals surface area contributed by atoms with E-state index in [2.05, 4.69) is 23.3 Å². The Morgan fingerprint density at radius 1 is 1.45 bits per heavy atom. The van der Waals surface area contributed by atoms with Crippen molar-refractivity contribution in [1.29, 1.82) is 0 Å². The maximum atomic E-state index is 11.0. The number of nitrogens with zero attached hydrogens (tertiary/aromatic N) is 2. The molecule has 0 fully saturated rings. The van der Waals surface area contributed by atoms with Gasteiger partial charge in [0.2, 0.25) is 0 Å². The lowest BCUT2D eigenvalue weighted by molar-refractivity contribution is -0.384. The normalized spacial score (nSPS) is 17.9. The van der Waals surface area contributed by atoms with Crippen molar-refractivity contribution < 1.29 is 4.92 Å². The van der Waals surface area contributed by atoms with E-state index < -0.39 is 4.92 Å². The largest absolute Gasteiger partial charge is 0.398 e. The van der Waals surface area contributed by atoms with E-state index in [1.54, 1.807) is 23.5 Å². The fourth-order valence-corrected chi connectivity index (χ4v) is 3.71. The SMILES string of the molecule is CC1c2ccsc2CCN1c1cc(N)cc([N+](=O)[O-])c1. The molecule has 6 heteroatoms. The summed E-state index contributed by atoms with van der Waals surface area (Å²) in [5.41, 5.74) is 8.40. The van der Waals surface area contributed by atoms with Crippen LogP contribution in [0.5, 0.6) is 0 Å². The molecule has 3 rings (SSSR count). The van der Waals surface area contributed by atoms with Gasteiger partial charge in [-0.05, 0) is 36.4 Å². The fourth-order valence-electron chi connectivity index (χ4n) is 2.75. The van der Waals surface area contributed by atoms with Gasteiger partial charge in [0.15, 0.2) is 0 Å². The van der Waals surface area contributed by atoms with Gasteiger partial charge in [-0.15, -0.1) is 11.3 Å². The molecule has 0 radical (unpaired) electrons. The van der Waals surface area contributed by atoms with Gasteiger partial charge < -0.3 is 10.6 Å². The lowest BCUT2D eigenvalue weighted by atomic mass is 10.0. The molecule has 0 saturated heterocycles. The second-order valence-corrected chi connectivity index (χ2v) is 5.96. The zero-order chi connectivity index (χ0) is 14.3. The molecule has 0 saturated carbocycles. The highest BCUT2D eigenvalue weighted by atomic mass is 32.1. The number of hydrogen-bond donors (Lipinski definition) is 1. The average Bonchev–Trinajstić information content (AvgIpc) is 2.87. The van der Waals surface area contributed by atoms with Crippen molar-refractivity contribution in [2.24, 2.45) is 0 Å². The standard InChI is InChI=1S/C14H15N3O2S/c1-9-13-3-5-20-14(13)2-4-16(9)11-6-10(15)7-12(8-11)17(18)19/h3,5-9H,2,4,15H2,1H3. The quantitative estimate of drug-likeness (QED) is 0.522. The number of anilines is 2. The third-order valence-corrected chi connectivity index (χ3v) is 4.74. The second kappa shape index (κ2) is 4.79. The summed E-state index contributed by atoms with van der Waals surface area (Å²) < 4.78 is 0. The zero-order valence-electron chi connectivity index (χ0n) is 11.1. The van der Waals surface area contributed by atoms with E-state index in [-0.39, 0.29) is 11.7 Å². The van der Waals surface area contributed by atoms with Crippen LogP contribution in [-0.2, 0) is 6.42 Å². The minimum Gasteiger partial charge on any atom is -0.398 e. The van der Waals surface area contributed by atoms with Crippen LogP contribution in [0.1, 0.15) is 23.4 Å². The first kappa shape index (κ1) is 12.9. The minimum absolute atomic E-state index is 0.0447. The van der Waals surface area contributed by atoms with Crippen molar-refractivity contribution in [2.45, 2.75) is 19.4 Å². The van der Waals surface area contributed by atoms with Gasteiger partial charge in [0.25, 0.3) is 5.69 Å². The third-order valence-electron chi connectivity index (χ3n) is 3.74. The number of nitrogens with two attached hydrogens (primary N) is 1. The summed E-state index contributed by atoms with van der Waals surface area (Å²) in [5, 5.41) is 13.1. The summed E-state index contributed by atoms with van der Waals surface area (Å²) in [5.74, 6) is 0. The number of thiophene rings is 1. The van der Waals surface area contributed by atoms with E-state index in [1.165, 1.54) is 16.5 Å². The number of nitrogen functional groups attached to an aromatic ring is 1. The van der Waals surface area contributed by atoms with Crippen LogP contribution in [0.15, 0.2) is 29.6 Å². The maximum Gasteiger partial charge on any atom is 0.273 e. The van der Waals surface area contributed by atoms with E-state index in [0.29, 0.717) is 5.69 Å². The highest BCUT2D eigenvalue weighted by Gasteiger charge is 2.26. The van der Waals surface area contributed by atoms with Crippen LogP contribution in [0, 0.1) is 10.1 Å². The molecule has 1 aliphatic rings. The van der Waals surface area contributed by atoms with Crippen molar-refractivity contribution >= 4 is 28.4 Å². The Hall–Kier alpha value is -2.08. The summed E-state index contributed by atoms with van der Waals surface area (Å²) in [6.07, 6.45) is 0.972. The van der Waals surface area contributed by atoms with Crippen LogP contribution in [-0.4, -0.2) is 11.5 Å². The Labute approximate surface area is 120 Å². The first-order chi connectivity index (χ1) is 9.56. The van der Waals surface area contributed by atoms with Crippen LogP contribution >= 0.6 is 11.3 Å². The van der Waals surface area contributed by atoms with Crippen LogP contribution in [0.3, 0.4) is 0 Å². The summed E-state index contributed by atoms with van der Waals surface area (Å²) >= 11 is 1.78. The van der Waals surface area contributed by atoms with Gasteiger partial charge in [0.1, 0.15) is 0 Å². The predicted molar refractivity (Wildman–Crippen MR) is 81.3 cm³/mol. The molecule has 1 unspecified atom stereocenters. The zero-order valence-corrected chi connectivity index (χ0v) is 11.9. The Bertz CT molecular complexity index is 668. The predicted octanol–water partition coefficient (Wildman–Crippen LogP) is 3.36. The highest BCUT2D eigenvalue weighted by molar-refractivity contribution is 7.10. The van der Waals surface area contributed by atoms with Crippen LogP contribution in [0.4, 0.5) is 17.1 Å². The summed E-state index contributed by atoms with van der Waals surface area (Å²) in [6, 6.07) is 7.16. The van der Waals surface area contributed by atoms with E-state index in [0.717, 1.165) is 18.7 Å². The molecule has 1 aromatic heterocycles. The van der Waals surface area contributed by atoms with E-state index in [1.807, 2.05) is 0 Å². The van der Waals surface area contributed by atoms with Crippen LogP contribution in [0.2, 0.25) is 0 Å². The molecule has 0 amide bonds. The molecule has 0 bridgehead atoms. The Morgan fingerprint density at radius 3 is 3.00 bits per heavy atom. The monoisotopic (exact) mass is 289 g/mol. The molecule has 1 aliphatic heterocycles. The lowest BCUT2D eigenvalue weighted by Crippen LogP contribution is -2.33. The third kappa shape index (κ3) is 2.12. The van der Waals surface area contributed by atoms with Gasteiger partial charge in [-0.25, -0.2) is 0 Å². The number of fused-ring (bicyclic) bond motifs is 1. The molecular weight excluding hydrogens is 274 g/mol. The molecule has 1 aromatic carbocycles. The molecule has 0 aliphatic carbocycles. The number of nitro benzene ring substituents is 1. The summed E-state index contributed by atoms with van der Waals surface area (Å²) in [6.45, 7) is 2.98. The summed E-state index contributed by atoms with van der Waals surface area (Å²) in [7, 11) is 0. The van der Waals surface area contributed by atoms with E-state index in [9.17, 15) is 10.1 Å². The number of non-ortho nitro benzene ring substituents is 1. The molecule has 0 spiro atoms. The smallest absolute Gasteiger partial charge is 0.273 e. The molecule has 104 valence electrons. The van der Waals surface area contributed by atoms with Crippen LogP contribution in [0.25, 0.3) is 0 Å². The van der Waals surface area contributed by atoms with Crippen molar-refractivity contribution in [3.63, 3.8) is 0 Å². The molecule has 2 N–H and O–H groups in total. The number of rotatable bonds is 2. The first-order valence-corrected chi connectivity index (χ1v) is 7.32.